The van der Waals surface area contributed by atoms with Gasteiger partial charge < -0.3 is 0 Å². The summed E-state index contributed by atoms with van der Waals surface area (Å²) in [4.78, 5) is 4.61. The highest BCUT2D eigenvalue weighted by Crippen LogP contribution is 2.31. The van der Waals surface area contributed by atoms with Crippen molar-refractivity contribution in [1.29, 1.82) is 0 Å². The Bertz CT molecular complexity index is 1590. The lowest BCUT2D eigenvalue weighted by atomic mass is 9.96. The number of benzene rings is 5. The van der Waals surface area contributed by atoms with E-state index in [1.54, 1.807) is 0 Å². The Kier molecular flexibility index (Phi) is 4.98. The van der Waals surface area contributed by atoms with Crippen molar-refractivity contribution in [2.45, 2.75) is 0 Å². The molecule has 156 valence electrons. The van der Waals surface area contributed by atoms with Crippen molar-refractivity contribution in [1.82, 2.24) is 4.98 Å². The summed E-state index contributed by atoms with van der Waals surface area (Å²) in [7, 11) is 2.74. The summed E-state index contributed by atoms with van der Waals surface area (Å²) < 4.78 is 0. The summed E-state index contributed by atoms with van der Waals surface area (Å²) in [5.74, 6) is 0. The van der Waals surface area contributed by atoms with E-state index < -0.39 is 0 Å². The molecule has 0 bridgehead atoms. The number of fused-ring (bicyclic) bond motifs is 2. The Balaban J connectivity index is 1.37. The molecule has 0 aliphatic heterocycles. The van der Waals surface area contributed by atoms with Gasteiger partial charge in [-0.05, 0) is 62.1 Å². The van der Waals surface area contributed by atoms with Gasteiger partial charge in [0, 0.05) is 17.1 Å². The van der Waals surface area contributed by atoms with Crippen LogP contribution in [0, 0.1) is 0 Å². The van der Waals surface area contributed by atoms with Gasteiger partial charge in [0.25, 0.3) is 0 Å². The second kappa shape index (κ2) is 8.28. The molecule has 0 saturated carbocycles. The third-order valence-electron chi connectivity index (χ3n) is 6.25. The zero-order valence-electron chi connectivity index (χ0n) is 18.1. The summed E-state index contributed by atoms with van der Waals surface area (Å²) in [6, 6.07) is 41.3. The highest BCUT2D eigenvalue weighted by Gasteiger charge is 2.07. The lowest BCUT2D eigenvalue weighted by Gasteiger charge is -2.09. The molecular weight excluding hydrogens is 417 g/mol. The third-order valence-corrected chi connectivity index (χ3v) is 6.63. The van der Waals surface area contributed by atoms with E-state index >= 15 is 0 Å². The standard InChI is InChI=1S/C31H22NP/c33-29-16-14-22(15-17-29)27-13-9-23-8-12-26(19-28(23)20-27)21-6-10-24(11-7-21)30-5-1-3-25-4-2-18-32-31(25)30/h1-20H,33H2. The van der Waals surface area contributed by atoms with Crippen LogP contribution in [0.3, 0.4) is 0 Å². The van der Waals surface area contributed by atoms with Gasteiger partial charge in [0.1, 0.15) is 0 Å². The smallest absolute Gasteiger partial charge is 0.0780 e. The maximum Gasteiger partial charge on any atom is 0.0780 e. The maximum atomic E-state index is 4.61. The molecule has 0 saturated heterocycles. The molecule has 0 aliphatic carbocycles. The van der Waals surface area contributed by atoms with Gasteiger partial charge in [0.2, 0.25) is 0 Å². The first-order chi connectivity index (χ1) is 16.2. The van der Waals surface area contributed by atoms with Crippen LogP contribution in [0.1, 0.15) is 0 Å². The highest BCUT2D eigenvalue weighted by molar-refractivity contribution is 7.27. The van der Waals surface area contributed by atoms with Crippen LogP contribution < -0.4 is 5.30 Å². The lowest BCUT2D eigenvalue weighted by Crippen LogP contribution is -1.88. The molecule has 5 aromatic carbocycles. The molecule has 0 N–H and O–H groups in total. The summed E-state index contributed by atoms with van der Waals surface area (Å²) in [6.07, 6.45) is 1.86. The van der Waals surface area contributed by atoms with Crippen molar-refractivity contribution in [2.75, 3.05) is 0 Å². The average Bonchev–Trinajstić information content (AvgIpc) is 2.88. The molecule has 1 unspecified atom stereocenters. The van der Waals surface area contributed by atoms with E-state index in [4.69, 9.17) is 0 Å². The van der Waals surface area contributed by atoms with Gasteiger partial charge in [-0.1, -0.05) is 97.1 Å². The first-order valence-corrected chi connectivity index (χ1v) is 11.7. The Hall–Kier alpha value is -3.80. The van der Waals surface area contributed by atoms with Crippen LogP contribution in [0.5, 0.6) is 0 Å². The fourth-order valence-electron chi connectivity index (χ4n) is 4.46. The van der Waals surface area contributed by atoms with E-state index in [1.165, 1.54) is 49.5 Å². The van der Waals surface area contributed by atoms with E-state index in [-0.39, 0.29) is 0 Å². The number of hydrogen-bond acceptors (Lipinski definition) is 1. The van der Waals surface area contributed by atoms with Crippen molar-refractivity contribution < 1.29 is 0 Å². The quantitative estimate of drug-likeness (QED) is 0.256. The molecule has 0 radical (unpaired) electrons. The Morgan fingerprint density at radius 3 is 1.73 bits per heavy atom. The predicted molar refractivity (Wildman–Crippen MR) is 145 cm³/mol. The lowest BCUT2D eigenvalue weighted by molar-refractivity contribution is 1.41. The maximum absolute atomic E-state index is 4.61. The highest BCUT2D eigenvalue weighted by atomic mass is 31.0. The fraction of sp³-hybridized carbons (Fsp3) is 0. The van der Waals surface area contributed by atoms with E-state index in [9.17, 15) is 0 Å². The predicted octanol–water partition coefficient (Wildman–Crippen LogP) is 7.89. The SMILES string of the molecule is Pc1ccc(-c2ccc3ccc(-c4ccc(-c5cccc6cccnc56)cc4)cc3c2)cc1. The first-order valence-electron chi connectivity index (χ1n) is 11.1. The molecular formula is C31H22NP. The summed E-state index contributed by atoms with van der Waals surface area (Å²) in [6.45, 7) is 0. The molecule has 2 heteroatoms. The number of pyridine rings is 1. The Morgan fingerprint density at radius 1 is 0.455 bits per heavy atom. The second-order valence-corrected chi connectivity index (χ2v) is 9.02. The van der Waals surface area contributed by atoms with Crippen LogP contribution in [-0.2, 0) is 0 Å². The largest absolute Gasteiger partial charge is 0.256 e. The Morgan fingerprint density at radius 2 is 1.03 bits per heavy atom. The molecule has 1 aromatic heterocycles. The topological polar surface area (TPSA) is 12.9 Å². The van der Waals surface area contributed by atoms with Crippen LogP contribution in [-0.4, -0.2) is 4.98 Å². The normalized spacial score (nSPS) is 11.2. The minimum atomic E-state index is 1.04. The van der Waals surface area contributed by atoms with Crippen molar-refractivity contribution in [2.24, 2.45) is 0 Å². The van der Waals surface area contributed by atoms with Crippen LogP contribution in [0.2, 0.25) is 0 Å². The molecule has 1 nitrogen and oxygen atoms in total. The minimum absolute atomic E-state index is 1.04. The van der Waals surface area contributed by atoms with Crippen molar-refractivity contribution in [3.8, 4) is 33.4 Å². The second-order valence-electron chi connectivity index (χ2n) is 8.36. The van der Waals surface area contributed by atoms with Crippen LogP contribution in [0.25, 0.3) is 55.1 Å². The molecule has 0 spiro atoms. The van der Waals surface area contributed by atoms with Gasteiger partial charge in [-0.25, -0.2) is 0 Å². The number of aromatic nitrogens is 1. The van der Waals surface area contributed by atoms with E-state index in [1.807, 2.05) is 12.3 Å². The number of rotatable bonds is 3. The molecule has 33 heavy (non-hydrogen) atoms. The minimum Gasteiger partial charge on any atom is -0.256 e. The molecule has 1 heterocycles. The number of hydrogen-bond donors (Lipinski definition) is 0. The van der Waals surface area contributed by atoms with Gasteiger partial charge >= 0.3 is 0 Å². The zero-order chi connectivity index (χ0) is 22.2. The molecule has 0 aliphatic rings. The van der Waals surface area contributed by atoms with Gasteiger partial charge in [0.15, 0.2) is 0 Å². The summed E-state index contributed by atoms with van der Waals surface area (Å²) in [5, 5.41) is 4.87. The van der Waals surface area contributed by atoms with Crippen molar-refractivity contribution >= 4 is 36.2 Å². The van der Waals surface area contributed by atoms with Crippen molar-refractivity contribution in [3.05, 3.63) is 121 Å². The molecule has 6 rings (SSSR count). The van der Waals surface area contributed by atoms with E-state index in [2.05, 4.69) is 123 Å². The molecule has 1 atom stereocenters. The van der Waals surface area contributed by atoms with Gasteiger partial charge in [-0.2, -0.15) is 0 Å². The zero-order valence-corrected chi connectivity index (χ0v) is 19.2. The van der Waals surface area contributed by atoms with Gasteiger partial charge in [-0.3, -0.25) is 4.98 Å². The fourth-order valence-corrected chi connectivity index (χ4v) is 4.65. The van der Waals surface area contributed by atoms with E-state index in [0.29, 0.717) is 0 Å². The monoisotopic (exact) mass is 439 g/mol. The Labute approximate surface area is 196 Å². The third kappa shape index (κ3) is 3.82. The molecule has 0 amide bonds. The molecule has 6 aromatic rings. The summed E-state index contributed by atoms with van der Waals surface area (Å²) >= 11 is 0. The van der Waals surface area contributed by atoms with Crippen LogP contribution >= 0.6 is 9.24 Å². The van der Waals surface area contributed by atoms with Gasteiger partial charge in [-0.15, -0.1) is 9.24 Å². The van der Waals surface area contributed by atoms with Crippen LogP contribution in [0.15, 0.2) is 121 Å². The average molecular weight is 439 g/mol. The van der Waals surface area contributed by atoms with E-state index in [0.717, 1.165) is 10.9 Å². The van der Waals surface area contributed by atoms with Crippen molar-refractivity contribution in [3.63, 3.8) is 0 Å². The number of nitrogens with zero attached hydrogens (tertiary/aromatic N) is 1. The van der Waals surface area contributed by atoms with Crippen LogP contribution in [0.4, 0.5) is 0 Å². The first kappa shape index (κ1) is 19.9. The summed E-state index contributed by atoms with van der Waals surface area (Å²) in [5.41, 5.74) is 8.31. The van der Waals surface area contributed by atoms with Gasteiger partial charge in [0.05, 0.1) is 5.52 Å². The molecule has 0 fully saturated rings. The number of para-hydroxylation sites is 1.